The first-order valence-corrected chi connectivity index (χ1v) is 8.35. The first-order chi connectivity index (χ1) is 10.9. The standard InChI is InChI=1S/C16H11NO5S/c18-16-12(8-11-4-3-5-13(9-11)17(19)20)10-23(21,22)15-7-2-1-6-14(15)16/h1-9H,10H2/b12-8+. The number of ketones is 1. The Labute approximate surface area is 132 Å². The fraction of sp³-hybridized carbons (Fsp3) is 0.0625. The molecule has 0 N–H and O–H groups in total. The van der Waals surface area contributed by atoms with E-state index < -0.39 is 20.5 Å². The van der Waals surface area contributed by atoms with E-state index in [1.807, 2.05) is 0 Å². The molecule has 0 aliphatic carbocycles. The summed E-state index contributed by atoms with van der Waals surface area (Å²) in [6, 6.07) is 11.7. The minimum Gasteiger partial charge on any atom is -0.289 e. The number of non-ortho nitro benzene ring substituents is 1. The number of nitro benzene ring substituents is 1. The van der Waals surface area contributed by atoms with Crippen LogP contribution in [0.4, 0.5) is 5.69 Å². The Kier molecular flexibility index (Phi) is 3.57. The molecule has 0 radical (unpaired) electrons. The fourth-order valence-electron chi connectivity index (χ4n) is 2.48. The number of Topliss-reactive ketones (excluding diaryl/α,β-unsaturated/α-hetero) is 1. The minimum absolute atomic E-state index is 0.0289. The predicted molar refractivity (Wildman–Crippen MR) is 83.9 cm³/mol. The average molecular weight is 329 g/mol. The number of hydrogen-bond acceptors (Lipinski definition) is 5. The van der Waals surface area contributed by atoms with Crippen molar-refractivity contribution < 1.29 is 18.1 Å². The number of nitro groups is 1. The molecule has 2 aromatic carbocycles. The molecule has 6 nitrogen and oxygen atoms in total. The predicted octanol–water partition coefficient (Wildman–Crippen LogP) is 2.65. The lowest BCUT2D eigenvalue weighted by Crippen LogP contribution is -2.24. The molecule has 0 aromatic heterocycles. The molecule has 0 atom stereocenters. The Bertz CT molecular complexity index is 960. The summed E-state index contributed by atoms with van der Waals surface area (Å²) in [5.74, 6) is -0.784. The highest BCUT2D eigenvalue weighted by atomic mass is 32.2. The van der Waals surface area contributed by atoms with Crippen LogP contribution < -0.4 is 0 Å². The molecular weight excluding hydrogens is 318 g/mol. The van der Waals surface area contributed by atoms with Crippen molar-refractivity contribution in [1.82, 2.24) is 0 Å². The summed E-state index contributed by atoms with van der Waals surface area (Å²) >= 11 is 0. The molecule has 1 aliphatic heterocycles. The lowest BCUT2D eigenvalue weighted by molar-refractivity contribution is -0.384. The number of rotatable bonds is 2. The van der Waals surface area contributed by atoms with Crippen LogP contribution in [-0.4, -0.2) is 24.9 Å². The number of carbonyl (C=O) groups is 1. The SMILES string of the molecule is O=C1/C(=C/c2cccc([N+](=O)[O-])c2)CS(=O)(=O)c2ccccc21. The number of carbonyl (C=O) groups excluding carboxylic acids is 1. The fourth-order valence-corrected chi connectivity index (χ4v) is 4.04. The van der Waals surface area contributed by atoms with Crippen LogP contribution in [0.2, 0.25) is 0 Å². The third kappa shape index (κ3) is 2.78. The second-order valence-corrected chi connectivity index (χ2v) is 7.06. The molecule has 23 heavy (non-hydrogen) atoms. The summed E-state index contributed by atoms with van der Waals surface area (Å²) in [5, 5.41) is 10.8. The highest BCUT2D eigenvalue weighted by Gasteiger charge is 2.32. The summed E-state index contributed by atoms with van der Waals surface area (Å²) in [4.78, 5) is 22.7. The van der Waals surface area contributed by atoms with Gasteiger partial charge in [-0.1, -0.05) is 24.3 Å². The van der Waals surface area contributed by atoms with Gasteiger partial charge in [0.15, 0.2) is 15.6 Å². The van der Waals surface area contributed by atoms with Gasteiger partial charge in [-0.15, -0.1) is 0 Å². The highest BCUT2D eigenvalue weighted by Crippen LogP contribution is 2.29. The molecule has 0 fully saturated rings. The van der Waals surface area contributed by atoms with Crippen molar-refractivity contribution in [3.63, 3.8) is 0 Å². The molecule has 0 amide bonds. The van der Waals surface area contributed by atoms with Crippen molar-refractivity contribution in [3.8, 4) is 0 Å². The number of fused-ring (bicyclic) bond motifs is 1. The second kappa shape index (κ2) is 5.44. The Hall–Kier alpha value is -2.80. The quantitative estimate of drug-likeness (QED) is 0.479. The summed E-state index contributed by atoms with van der Waals surface area (Å²) in [6.07, 6.45) is 1.39. The summed E-state index contributed by atoms with van der Waals surface area (Å²) in [5.41, 5.74) is 0.530. The Morgan fingerprint density at radius 1 is 1.09 bits per heavy atom. The van der Waals surface area contributed by atoms with Gasteiger partial charge in [0.2, 0.25) is 0 Å². The van der Waals surface area contributed by atoms with Crippen LogP contribution in [0.3, 0.4) is 0 Å². The maximum absolute atomic E-state index is 12.5. The van der Waals surface area contributed by atoms with Crippen LogP contribution in [0.1, 0.15) is 15.9 Å². The van der Waals surface area contributed by atoms with Crippen molar-refractivity contribution in [2.45, 2.75) is 4.90 Å². The molecule has 1 aliphatic rings. The molecule has 2 aromatic rings. The maximum Gasteiger partial charge on any atom is 0.270 e. The van der Waals surface area contributed by atoms with Crippen molar-refractivity contribution in [1.29, 1.82) is 0 Å². The average Bonchev–Trinajstić information content (AvgIpc) is 2.52. The zero-order valence-corrected chi connectivity index (χ0v) is 12.6. The van der Waals surface area contributed by atoms with E-state index in [9.17, 15) is 23.3 Å². The van der Waals surface area contributed by atoms with Gasteiger partial charge in [0.25, 0.3) is 5.69 Å². The van der Waals surface area contributed by atoms with E-state index in [4.69, 9.17) is 0 Å². The Morgan fingerprint density at radius 2 is 1.83 bits per heavy atom. The van der Waals surface area contributed by atoms with Crippen LogP contribution in [0, 0.1) is 10.1 Å². The van der Waals surface area contributed by atoms with Gasteiger partial charge in [-0.2, -0.15) is 0 Å². The highest BCUT2D eigenvalue weighted by molar-refractivity contribution is 7.91. The van der Waals surface area contributed by atoms with Gasteiger partial charge in [-0.25, -0.2) is 8.42 Å². The van der Waals surface area contributed by atoms with E-state index in [2.05, 4.69) is 0 Å². The first kappa shape index (κ1) is 15.1. The third-order valence-electron chi connectivity index (χ3n) is 3.53. The van der Waals surface area contributed by atoms with E-state index in [1.165, 1.54) is 36.4 Å². The number of benzene rings is 2. The molecule has 0 saturated heterocycles. The summed E-state index contributed by atoms with van der Waals surface area (Å²) < 4.78 is 24.6. The van der Waals surface area contributed by atoms with Crippen LogP contribution in [0.5, 0.6) is 0 Å². The van der Waals surface area contributed by atoms with Gasteiger partial charge in [-0.3, -0.25) is 14.9 Å². The molecular formula is C16H11NO5S. The van der Waals surface area contributed by atoms with Crippen molar-refractivity contribution >= 4 is 27.4 Å². The normalized spacial score (nSPS) is 17.7. The number of nitrogens with zero attached hydrogens (tertiary/aromatic N) is 1. The third-order valence-corrected chi connectivity index (χ3v) is 5.24. The Balaban J connectivity index is 2.10. The smallest absolute Gasteiger partial charge is 0.270 e. The largest absolute Gasteiger partial charge is 0.289 e. The van der Waals surface area contributed by atoms with Crippen LogP contribution in [0.15, 0.2) is 59.0 Å². The maximum atomic E-state index is 12.5. The minimum atomic E-state index is -3.59. The molecule has 0 spiro atoms. The van der Waals surface area contributed by atoms with E-state index in [0.29, 0.717) is 5.56 Å². The first-order valence-electron chi connectivity index (χ1n) is 6.70. The monoisotopic (exact) mass is 329 g/mol. The van der Waals surface area contributed by atoms with E-state index in [1.54, 1.807) is 18.2 Å². The van der Waals surface area contributed by atoms with Crippen LogP contribution >= 0.6 is 0 Å². The van der Waals surface area contributed by atoms with Crippen LogP contribution in [0.25, 0.3) is 6.08 Å². The molecule has 116 valence electrons. The van der Waals surface area contributed by atoms with Gasteiger partial charge >= 0.3 is 0 Å². The van der Waals surface area contributed by atoms with Crippen molar-refractivity contribution in [2.24, 2.45) is 0 Å². The van der Waals surface area contributed by atoms with Gasteiger partial charge in [-0.05, 0) is 23.8 Å². The van der Waals surface area contributed by atoms with Gasteiger partial charge in [0.1, 0.15) is 0 Å². The van der Waals surface area contributed by atoms with Crippen LogP contribution in [-0.2, 0) is 9.84 Å². The molecule has 7 heteroatoms. The van der Waals surface area contributed by atoms with Crippen molar-refractivity contribution in [2.75, 3.05) is 5.75 Å². The number of sulfone groups is 1. The van der Waals surface area contributed by atoms with Gasteiger partial charge in [0, 0.05) is 23.3 Å². The van der Waals surface area contributed by atoms with E-state index in [-0.39, 0.29) is 27.5 Å². The lowest BCUT2D eigenvalue weighted by atomic mass is 10.0. The number of hydrogen-bond donors (Lipinski definition) is 0. The van der Waals surface area contributed by atoms with E-state index >= 15 is 0 Å². The lowest BCUT2D eigenvalue weighted by Gasteiger charge is -2.17. The van der Waals surface area contributed by atoms with E-state index in [0.717, 1.165) is 0 Å². The van der Waals surface area contributed by atoms with Gasteiger partial charge in [0.05, 0.1) is 15.6 Å². The molecule has 0 saturated carbocycles. The van der Waals surface area contributed by atoms with Crippen molar-refractivity contribution in [3.05, 3.63) is 75.3 Å². The Morgan fingerprint density at radius 3 is 2.57 bits per heavy atom. The summed E-state index contributed by atoms with van der Waals surface area (Å²) in [7, 11) is -3.59. The molecule has 3 rings (SSSR count). The van der Waals surface area contributed by atoms with Gasteiger partial charge < -0.3 is 0 Å². The molecule has 0 unspecified atom stereocenters. The zero-order valence-electron chi connectivity index (χ0n) is 11.8. The molecule has 0 bridgehead atoms. The molecule has 1 heterocycles. The zero-order chi connectivity index (χ0) is 16.6. The topological polar surface area (TPSA) is 94.3 Å². The summed E-state index contributed by atoms with van der Waals surface area (Å²) in [6.45, 7) is 0. The second-order valence-electron chi connectivity index (χ2n) is 5.11.